The SMILES string of the molecule is NCC1(C(=O)N2CCCCC2CO)CCCCCC1. The molecule has 3 N–H and O–H groups in total. The van der Waals surface area contributed by atoms with Gasteiger partial charge in [0.2, 0.25) is 5.91 Å². The Morgan fingerprint density at radius 3 is 2.42 bits per heavy atom. The Bertz CT molecular complexity index is 299. The third-order valence-corrected chi connectivity index (χ3v) is 5.00. The quantitative estimate of drug-likeness (QED) is 0.765. The molecule has 0 aromatic carbocycles. The van der Waals surface area contributed by atoms with E-state index in [1.165, 1.54) is 12.8 Å². The van der Waals surface area contributed by atoms with Crippen molar-refractivity contribution < 1.29 is 9.90 Å². The minimum absolute atomic E-state index is 0.0212. The predicted molar refractivity (Wildman–Crippen MR) is 75.6 cm³/mol. The van der Waals surface area contributed by atoms with Crippen LogP contribution < -0.4 is 5.73 Å². The Morgan fingerprint density at radius 2 is 1.84 bits per heavy atom. The highest BCUT2D eigenvalue weighted by molar-refractivity contribution is 5.83. The van der Waals surface area contributed by atoms with Gasteiger partial charge in [0.1, 0.15) is 0 Å². The third-order valence-electron chi connectivity index (χ3n) is 5.00. The van der Waals surface area contributed by atoms with Crippen LogP contribution in [0.15, 0.2) is 0 Å². The minimum Gasteiger partial charge on any atom is -0.394 e. The van der Waals surface area contributed by atoms with Crippen LogP contribution in [0.25, 0.3) is 0 Å². The number of carbonyl (C=O) groups is 1. The number of carbonyl (C=O) groups excluding carboxylic acids is 1. The summed E-state index contributed by atoms with van der Waals surface area (Å²) in [7, 11) is 0. The maximum atomic E-state index is 13.0. The van der Waals surface area contributed by atoms with Crippen molar-refractivity contribution in [2.24, 2.45) is 11.1 Å². The summed E-state index contributed by atoms with van der Waals surface area (Å²) in [5.41, 5.74) is 5.65. The molecule has 19 heavy (non-hydrogen) atoms. The zero-order valence-corrected chi connectivity index (χ0v) is 11.9. The van der Waals surface area contributed by atoms with E-state index in [0.29, 0.717) is 6.54 Å². The largest absolute Gasteiger partial charge is 0.394 e. The number of likely N-dealkylation sites (tertiary alicyclic amines) is 1. The topological polar surface area (TPSA) is 66.6 Å². The second-order valence-electron chi connectivity index (χ2n) is 6.23. The molecule has 0 spiro atoms. The van der Waals surface area contributed by atoms with Crippen molar-refractivity contribution in [3.8, 4) is 0 Å². The van der Waals surface area contributed by atoms with Gasteiger partial charge in [-0.2, -0.15) is 0 Å². The molecule has 4 heteroatoms. The highest BCUT2D eigenvalue weighted by Crippen LogP contribution is 2.37. The molecule has 2 aliphatic rings. The van der Waals surface area contributed by atoms with Crippen molar-refractivity contribution in [3.63, 3.8) is 0 Å². The second kappa shape index (κ2) is 6.71. The normalized spacial score (nSPS) is 27.9. The number of nitrogens with two attached hydrogens (primary N) is 1. The van der Waals surface area contributed by atoms with Crippen LogP contribution in [-0.2, 0) is 4.79 Å². The van der Waals surface area contributed by atoms with Crippen molar-refractivity contribution in [2.75, 3.05) is 19.7 Å². The van der Waals surface area contributed by atoms with Crippen molar-refractivity contribution in [1.29, 1.82) is 0 Å². The van der Waals surface area contributed by atoms with E-state index >= 15 is 0 Å². The smallest absolute Gasteiger partial charge is 0.230 e. The van der Waals surface area contributed by atoms with E-state index in [-0.39, 0.29) is 24.0 Å². The second-order valence-corrected chi connectivity index (χ2v) is 6.23. The van der Waals surface area contributed by atoms with Crippen LogP contribution >= 0.6 is 0 Å². The molecule has 0 radical (unpaired) electrons. The van der Waals surface area contributed by atoms with Crippen LogP contribution in [0.5, 0.6) is 0 Å². The molecule has 1 unspecified atom stereocenters. The Hall–Kier alpha value is -0.610. The van der Waals surface area contributed by atoms with E-state index < -0.39 is 0 Å². The molecule has 2 rings (SSSR count). The first-order valence-electron chi connectivity index (χ1n) is 7.85. The average molecular weight is 268 g/mol. The lowest BCUT2D eigenvalue weighted by atomic mass is 9.78. The summed E-state index contributed by atoms with van der Waals surface area (Å²) in [6.45, 7) is 1.35. The van der Waals surface area contributed by atoms with Gasteiger partial charge in [0.25, 0.3) is 0 Å². The van der Waals surface area contributed by atoms with Gasteiger partial charge in [-0.05, 0) is 32.1 Å². The van der Waals surface area contributed by atoms with E-state index in [1.807, 2.05) is 4.90 Å². The molecule has 1 saturated heterocycles. The fourth-order valence-electron chi connectivity index (χ4n) is 3.67. The molecule has 1 heterocycles. The molecule has 0 aromatic rings. The average Bonchev–Trinajstić information content (AvgIpc) is 2.72. The lowest BCUT2D eigenvalue weighted by molar-refractivity contribution is -0.147. The van der Waals surface area contributed by atoms with Crippen molar-refractivity contribution in [1.82, 2.24) is 4.90 Å². The van der Waals surface area contributed by atoms with E-state index in [9.17, 15) is 9.90 Å². The van der Waals surface area contributed by atoms with Crippen molar-refractivity contribution in [3.05, 3.63) is 0 Å². The van der Waals surface area contributed by atoms with E-state index in [2.05, 4.69) is 0 Å². The zero-order chi connectivity index (χ0) is 13.7. The van der Waals surface area contributed by atoms with Gasteiger partial charge in [0, 0.05) is 13.1 Å². The molecule has 1 amide bonds. The van der Waals surface area contributed by atoms with Crippen molar-refractivity contribution in [2.45, 2.75) is 63.8 Å². The first-order chi connectivity index (χ1) is 9.23. The summed E-state index contributed by atoms with van der Waals surface area (Å²) < 4.78 is 0. The van der Waals surface area contributed by atoms with E-state index in [4.69, 9.17) is 5.73 Å². The summed E-state index contributed by atoms with van der Waals surface area (Å²) >= 11 is 0. The van der Waals surface area contributed by atoms with Crippen LogP contribution in [-0.4, -0.2) is 41.7 Å². The third kappa shape index (κ3) is 3.11. The molecule has 1 aliphatic heterocycles. The number of hydrogen-bond acceptors (Lipinski definition) is 3. The number of nitrogens with zero attached hydrogens (tertiary/aromatic N) is 1. The first-order valence-corrected chi connectivity index (χ1v) is 7.85. The molecule has 4 nitrogen and oxygen atoms in total. The summed E-state index contributed by atoms with van der Waals surface area (Å²) in [5.74, 6) is 0.218. The van der Waals surface area contributed by atoms with Gasteiger partial charge in [0.05, 0.1) is 18.1 Å². The van der Waals surface area contributed by atoms with Gasteiger partial charge in [-0.15, -0.1) is 0 Å². The van der Waals surface area contributed by atoms with Gasteiger partial charge in [0.15, 0.2) is 0 Å². The first kappa shape index (κ1) is 14.8. The predicted octanol–water partition coefficient (Wildman–Crippen LogP) is 1.66. The summed E-state index contributed by atoms with van der Waals surface area (Å²) in [6, 6.07) is 0.0212. The minimum atomic E-state index is -0.346. The molecule has 0 aromatic heterocycles. The van der Waals surface area contributed by atoms with Gasteiger partial charge in [-0.1, -0.05) is 25.7 Å². The van der Waals surface area contributed by atoms with Crippen LogP contribution in [0.2, 0.25) is 0 Å². The van der Waals surface area contributed by atoms with Crippen LogP contribution in [0.3, 0.4) is 0 Å². The summed E-state index contributed by atoms with van der Waals surface area (Å²) in [5, 5.41) is 9.50. The van der Waals surface area contributed by atoms with Crippen LogP contribution in [0.1, 0.15) is 57.8 Å². The van der Waals surface area contributed by atoms with Crippen molar-refractivity contribution >= 4 is 5.91 Å². The number of rotatable bonds is 3. The van der Waals surface area contributed by atoms with E-state index in [1.54, 1.807) is 0 Å². The Labute approximate surface area is 116 Å². The van der Waals surface area contributed by atoms with Gasteiger partial charge in [-0.3, -0.25) is 4.79 Å². The fourth-order valence-corrected chi connectivity index (χ4v) is 3.67. The Balaban J connectivity index is 2.13. The van der Waals surface area contributed by atoms with Crippen LogP contribution in [0, 0.1) is 5.41 Å². The standard InChI is InChI=1S/C15H28N2O2/c16-12-15(8-4-1-2-5-9-15)14(19)17-10-6-3-7-13(17)11-18/h13,18H,1-12,16H2. The molecule has 1 aliphatic carbocycles. The van der Waals surface area contributed by atoms with Gasteiger partial charge >= 0.3 is 0 Å². The summed E-state index contributed by atoms with van der Waals surface area (Å²) in [4.78, 5) is 14.9. The molecule has 0 bridgehead atoms. The highest BCUT2D eigenvalue weighted by Gasteiger charge is 2.42. The fraction of sp³-hybridized carbons (Fsp3) is 0.933. The molecule has 1 atom stereocenters. The maximum absolute atomic E-state index is 13.0. The Kier molecular flexibility index (Phi) is 5.22. The maximum Gasteiger partial charge on any atom is 0.230 e. The number of aliphatic hydroxyl groups excluding tert-OH is 1. The lowest BCUT2D eigenvalue weighted by Gasteiger charge is -2.41. The van der Waals surface area contributed by atoms with Crippen LogP contribution in [0.4, 0.5) is 0 Å². The summed E-state index contributed by atoms with van der Waals surface area (Å²) in [6.07, 6.45) is 9.63. The molecule has 110 valence electrons. The van der Waals surface area contributed by atoms with E-state index in [0.717, 1.165) is 51.5 Å². The highest BCUT2D eigenvalue weighted by atomic mass is 16.3. The lowest BCUT2D eigenvalue weighted by Crippen LogP contribution is -2.54. The van der Waals surface area contributed by atoms with Gasteiger partial charge < -0.3 is 15.7 Å². The molecular weight excluding hydrogens is 240 g/mol. The number of hydrogen-bond donors (Lipinski definition) is 2. The molecule has 2 fully saturated rings. The zero-order valence-electron chi connectivity index (χ0n) is 11.9. The molecule has 1 saturated carbocycles. The number of aliphatic hydroxyl groups is 1. The number of piperidine rings is 1. The Morgan fingerprint density at radius 1 is 1.16 bits per heavy atom. The van der Waals surface area contributed by atoms with Gasteiger partial charge in [-0.25, -0.2) is 0 Å². The number of amides is 1. The monoisotopic (exact) mass is 268 g/mol. The molecular formula is C15H28N2O2.